The summed E-state index contributed by atoms with van der Waals surface area (Å²) in [5, 5.41) is 0. The third-order valence-corrected chi connectivity index (χ3v) is 6.69. The van der Waals surface area contributed by atoms with E-state index in [1.54, 1.807) is 0 Å². The lowest BCUT2D eigenvalue weighted by Gasteiger charge is -2.07. The molecule has 0 bridgehead atoms. The van der Waals surface area contributed by atoms with Crippen LogP contribution in [0.2, 0.25) is 0 Å². The minimum Gasteiger partial charge on any atom is -0.219 e. The number of pyridine rings is 1. The Hall–Kier alpha value is -2.74. The van der Waals surface area contributed by atoms with E-state index in [2.05, 4.69) is 61.3 Å². The van der Waals surface area contributed by atoms with Crippen molar-refractivity contribution < 1.29 is 4.39 Å². The van der Waals surface area contributed by atoms with Crippen LogP contribution in [-0.2, 0) is 6.42 Å². The lowest BCUT2D eigenvalue weighted by Crippen LogP contribution is -1.92. The summed E-state index contributed by atoms with van der Waals surface area (Å²) in [6.45, 7) is 4.48. The van der Waals surface area contributed by atoms with Crippen LogP contribution >= 0.6 is 0 Å². The molecular weight excluding hydrogens is 429 g/mol. The van der Waals surface area contributed by atoms with Gasteiger partial charge in [0, 0.05) is 11.1 Å². The van der Waals surface area contributed by atoms with Crippen molar-refractivity contribution in [3.63, 3.8) is 0 Å². The Morgan fingerprint density at radius 1 is 0.629 bits per heavy atom. The van der Waals surface area contributed by atoms with Crippen molar-refractivity contribution in [2.75, 3.05) is 0 Å². The monoisotopic (exact) mass is 471 g/mol. The first-order valence-corrected chi connectivity index (χ1v) is 13.7. The molecule has 186 valence electrons. The highest BCUT2D eigenvalue weighted by Crippen LogP contribution is 2.25. The summed E-state index contributed by atoms with van der Waals surface area (Å²) >= 11 is 0. The van der Waals surface area contributed by atoms with Gasteiger partial charge >= 0.3 is 0 Å². The molecule has 0 amide bonds. The zero-order valence-corrected chi connectivity index (χ0v) is 21.7. The average molecular weight is 472 g/mol. The molecule has 0 aliphatic carbocycles. The molecule has 0 saturated heterocycles. The van der Waals surface area contributed by atoms with E-state index >= 15 is 0 Å². The molecule has 35 heavy (non-hydrogen) atoms. The van der Waals surface area contributed by atoms with Crippen LogP contribution in [0.15, 0.2) is 66.7 Å². The van der Waals surface area contributed by atoms with Crippen LogP contribution in [0.5, 0.6) is 0 Å². The molecular formula is C33H42FN. The van der Waals surface area contributed by atoms with Crippen LogP contribution in [0.3, 0.4) is 0 Å². The SMILES string of the molecule is CCCCCCC/C=C/c1ccc(-c2ccc(-c3ccc(CCCCCCC)cc3)cc2)nc1F. The number of benzene rings is 2. The number of halogens is 1. The summed E-state index contributed by atoms with van der Waals surface area (Å²) in [6, 6.07) is 20.9. The lowest BCUT2D eigenvalue weighted by atomic mass is 9.99. The molecule has 0 saturated carbocycles. The van der Waals surface area contributed by atoms with Crippen LogP contribution in [0.25, 0.3) is 28.5 Å². The third-order valence-electron chi connectivity index (χ3n) is 6.69. The van der Waals surface area contributed by atoms with Crippen LogP contribution in [0.1, 0.15) is 95.6 Å². The van der Waals surface area contributed by atoms with Crippen molar-refractivity contribution >= 4 is 6.08 Å². The second-order valence-electron chi connectivity index (χ2n) is 9.62. The number of nitrogens with zero attached hydrogens (tertiary/aromatic N) is 1. The number of allylic oxidation sites excluding steroid dienone is 1. The molecule has 0 radical (unpaired) electrons. The predicted octanol–water partition coefficient (Wildman–Crippen LogP) is 10.4. The maximum Gasteiger partial charge on any atom is 0.220 e. The minimum atomic E-state index is -0.404. The second-order valence-corrected chi connectivity index (χ2v) is 9.62. The van der Waals surface area contributed by atoms with Gasteiger partial charge in [0.1, 0.15) is 0 Å². The normalized spacial score (nSPS) is 11.4. The van der Waals surface area contributed by atoms with Gasteiger partial charge in [-0.3, -0.25) is 0 Å². The van der Waals surface area contributed by atoms with Crippen molar-refractivity contribution in [2.45, 2.75) is 90.9 Å². The second kappa shape index (κ2) is 15.3. The molecule has 0 aliphatic heterocycles. The summed E-state index contributed by atoms with van der Waals surface area (Å²) in [4.78, 5) is 4.23. The molecule has 3 rings (SSSR count). The highest BCUT2D eigenvalue weighted by molar-refractivity contribution is 5.69. The molecule has 3 aromatic rings. The average Bonchev–Trinajstić information content (AvgIpc) is 2.89. The van der Waals surface area contributed by atoms with Gasteiger partial charge in [-0.05, 0) is 54.5 Å². The van der Waals surface area contributed by atoms with E-state index in [1.165, 1.54) is 74.5 Å². The number of hydrogen-bond acceptors (Lipinski definition) is 1. The topological polar surface area (TPSA) is 12.9 Å². The Kier molecular flexibility index (Phi) is 11.7. The van der Waals surface area contributed by atoms with Crippen molar-refractivity contribution in [3.05, 3.63) is 83.8 Å². The van der Waals surface area contributed by atoms with Crippen LogP contribution in [0.4, 0.5) is 4.39 Å². The van der Waals surface area contributed by atoms with Crippen LogP contribution < -0.4 is 0 Å². The molecule has 2 heteroatoms. The van der Waals surface area contributed by atoms with Gasteiger partial charge in [0.15, 0.2) is 0 Å². The number of aromatic nitrogens is 1. The first-order valence-electron chi connectivity index (χ1n) is 13.7. The predicted molar refractivity (Wildman–Crippen MR) is 150 cm³/mol. The van der Waals surface area contributed by atoms with Gasteiger partial charge in [-0.15, -0.1) is 0 Å². The quantitative estimate of drug-likeness (QED) is 0.159. The molecule has 1 aromatic heterocycles. The van der Waals surface area contributed by atoms with E-state index in [4.69, 9.17) is 0 Å². The van der Waals surface area contributed by atoms with E-state index in [9.17, 15) is 4.39 Å². The molecule has 1 heterocycles. The summed E-state index contributed by atoms with van der Waals surface area (Å²) < 4.78 is 14.6. The summed E-state index contributed by atoms with van der Waals surface area (Å²) in [7, 11) is 0. The van der Waals surface area contributed by atoms with Gasteiger partial charge in [0.05, 0.1) is 5.69 Å². The lowest BCUT2D eigenvalue weighted by molar-refractivity contribution is 0.582. The van der Waals surface area contributed by atoms with E-state index in [1.807, 2.05) is 30.3 Å². The summed E-state index contributed by atoms with van der Waals surface area (Å²) in [5.74, 6) is -0.404. The Bertz CT molecular complexity index is 1020. The third kappa shape index (κ3) is 9.09. The van der Waals surface area contributed by atoms with Gasteiger partial charge in [0.25, 0.3) is 0 Å². The minimum absolute atomic E-state index is 0.404. The highest BCUT2D eigenvalue weighted by Gasteiger charge is 2.06. The Labute approximate surface area is 212 Å². The van der Waals surface area contributed by atoms with E-state index in [0.29, 0.717) is 11.3 Å². The van der Waals surface area contributed by atoms with Crippen molar-refractivity contribution in [3.8, 4) is 22.4 Å². The highest BCUT2D eigenvalue weighted by atomic mass is 19.1. The largest absolute Gasteiger partial charge is 0.220 e. The smallest absolute Gasteiger partial charge is 0.219 e. The van der Waals surface area contributed by atoms with Crippen molar-refractivity contribution in [2.24, 2.45) is 0 Å². The maximum atomic E-state index is 14.6. The molecule has 0 fully saturated rings. The Morgan fingerprint density at radius 2 is 1.20 bits per heavy atom. The maximum absolute atomic E-state index is 14.6. The first kappa shape index (κ1) is 26.9. The number of aryl methyl sites for hydroxylation is 1. The summed E-state index contributed by atoms with van der Waals surface area (Å²) in [5.41, 5.74) is 5.95. The van der Waals surface area contributed by atoms with Gasteiger partial charge in [-0.25, -0.2) is 4.98 Å². The van der Waals surface area contributed by atoms with Gasteiger partial charge in [-0.2, -0.15) is 4.39 Å². The molecule has 2 aromatic carbocycles. The molecule has 0 aliphatic rings. The standard InChI is InChI=1S/C33H42FN/c1-3-5-7-9-10-12-14-16-31-25-26-32(35-33(31)34)30-23-21-29(22-24-30)28-19-17-27(18-20-28)15-13-11-8-6-4-2/h14,16-26H,3-13,15H2,1-2H3/b16-14+. The zero-order chi connectivity index (χ0) is 24.7. The fourth-order valence-corrected chi connectivity index (χ4v) is 4.44. The molecule has 0 unspecified atom stereocenters. The van der Waals surface area contributed by atoms with Crippen molar-refractivity contribution in [1.29, 1.82) is 0 Å². The summed E-state index contributed by atoms with van der Waals surface area (Å²) in [6.07, 6.45) is 18.9. The van der Waals surface area contributed by atoms with Gasteiger partial charge < -0.3 is 0 Å². The van der Waals surface area contributed by atoms with Gasteiger partial charge in [0.2, 0.25) is 5.95 Å². The fourth-order valence-electron chi connectivity index (χ4n) is 4.44. The Morgan fingerprint density at radius 3 is 1.83 bits per heavy atom. The van der Waals surface area contributed by atoms with Crippen molar-refractivity contribution in [1.82, 2.24) is 4.98 Å². The van der Waals surface area contributed by atoms with Crippen LogP contribution in [-0.4, -0.2) is 4.98 Å². The number of hydrogen-bond donors (Lipinski definition) is 0. The molecule has 0 spiro atoms. The van der Waals surface area contributed by atoms with Gasteiger partial charge in [-0.1, -0.05) is 126 Å². The zero-order valence-electron chi connectivity index (χ0n) is 21.7. The molecule has 0 atom stereocenters. The fraction of sp³-hybridized carbons (Fsp3) is 0.424. The van der Waals surface area contributed by atoms with E-state index in [0.717, 1.165) is 24.8 Å². The van der Waals surface area contributed by atoms with Crippen LogP contribution in [0, 0.1) is 5.95 Å². The molecule has 1 nitrogen and oxygen atoms in total. The van der Waals surface area contributed by atoms with E-state index in [-0.39, 0.29) is 0 Å². The first-order chi connectivity index (χ1) is 17.2. The molecule has 0 N–H and O–H groups in total. The number of unbranched alkanes of at least 4 members (excludes halogenated alkanes) is 9. The van der Waals surface area contributed by atoms with E-state index < -0.39 is 5.95 Å². The Balaban J connectivity index is 1.54. The number of rotatable bonds is 15.